The molecule has 0 unspecified atom stereocenters. The average molecular weight is 358 g/mol. The van der Waals surface area contributed by atoms with Crippen LogP contribution in [0.4, 0.5) is 5.69 Å². The van der Waals surface area contributed by atoms with Crippen molar-refractivity contribution in [3.8, 4) is 6.07 Å². The SMILES string of the molecule is CN(C)C(=O)c1ccc(NC(=O)/C(C#N)=C/c2c[nH]c3ccccc23)cc1. The summed E-state index contributed by atoms with van der Waals surface area (Å²) >= 11 is 0. The minimum absolute atomic E-state index is 0.00630. The second-order valence-electron chi connectivity index (χ2n) is 6.19. The Morgan fingerprint density at radius 1 is 1.11 bits per heavy atom. The third-order valence-electron chi connectivity index (χ3n) is 4.08. The number of hydrogen-bond acceptors (Lipinski definition) is 3. The van der Waals surface area contributed by atoms with Gasteiger partial charge in [0.1, 0.15) is 11.6 Å². The van der Waals surface area contributed by atoms with E-state index in [4.69, 9.17) is 0 Å². The molecule has 0 fully saturated rings. The highest BCUT2D eigenvalue weighted by atomic mass is 16.2. The summed E-state index contributed by atoms with van der Waals surface area (Å²) < 4.78 is 0. The lowest BCUT2D eigenvalue weighted by Gasteiger charge is -2.10. The van der Waals surface area contributed by atoms with E-state index < -0.39 is 5.91 Å². The molecule has 1 aromatic heterocycles. The van der Waals surface area contributed by atoms with Crippen molar-refractivity contribution in [3.05, 3.63) is 71.4 Å². The Bertz CT molecular complexity index is 1070. The summed E-state index contributed by atoms with van der Waals surface area (Å²) in [6, 6.07) is 16.1. The van der Waals surface area contributed by atoms with Gasteiger partial charge in [-0.3, -0.25) is 9.59 Å². The molecule has 0 spiro atoms. The second kappa shape index (κ2) is 7.58. The summed E-state index contributed by atoms with van der Waals surface area (Å²) in [5.41, 5.74) is 2.73. The van der Waals surface area contributed by atoms with Crippen LogP contribution in [0.2, 0.25) is 0 Å². The smallest absolute Gasteiger partial charge is 0.266 e. The molecule has 2 amide bonds. The number of carbonyl (C=O) groups excluding carboxylic acids is 2. The molecule has 134 valence electrons. The third-order valence-corrected chi connectivity index (χ3v) is 4.08. The maximum Gasteiger partial charge on any atom is 0.266 e. The van der Waals surface area contributed by atoms with Gasteiger partial charge in [-0.05, 0) is 36.4 Å². The number of aromatic nitrogens is 1. The number of carbonyl (C=O) groups is 2. The van der Waals surface area contributed by atoms with Crippen molar-refractivity contribution in [3.63, 3.8) is 0 Å². The first-order valence-corrected chi connectivity index (χ1v) is 8.30. The molecule has 0 bridgehead atoms. The summed E-state index contributed by atoms with van der Waals surface area (Å²) in [7, 11) is 3.35. The molecule has 27 heavy (non-hydrogen) atoms. The number of H-pyrrole nitrogens is 1. The fourth-order valence-electron chi connectivity index (χ4n) is 2.67. The van der Waals surface area contributed by atoms with Crippen molar-refractivity contribution in [1.82, 2.24) is 9.88 Å². The molecule has 0 atom stereocenters. The molecular weight excluding hydrogens is 340 g/mol. The maximum absolute atomic E-state index is 12.4. The molecular formula is C21H18N4O2. The molecule has 0 radical (unpaired) electrons. The minimum atomic E-state index is -0.505. The Morgan fingerprint density at radius 2 is 1.81 bits per heavy atom. The minimum Gasteiger partial charge on any atom is -0.361 e. The van der Waals surface area contributed by atoms with Crippen molar-refractivity contribution in [2.75, 3.05) is 19.4 Å². The van der Waals surface area contributed by atoms with E-state index in [1.807, 2.05) is 30.3 Å². The van der Waals surface area contributed by atoms with E-state index in [1.165, 1.54) is 4.90 Å². The van der Waals surface area contributed by atoms with Crippen LogP contribution in [0.15, 0.2) is 60.3 Å². The van der Waals surface area contributed by atoms with Crippen LogP contribution >= 0.6 is 0 Å². The number of anilines is 1. The van der Waals surface area contributed by atoms with Crippen LogP contribution in [0.5, 0.6) is 0 Å². The first-order chi connectivity index (χ1) is 13.0. The van der Waals surface area contributed by atoms with Gasteiger partial charge >= 0.3 is 0 Å². The Morgan fingerprint density at radius 3 is 2.48 bits per heavy atom. The topological polar surface area (TPSA) is 89.0 Å². The predicted octanol–water partition coefficient (Wildman–Crippen LogP) is 3.42. The van der Waals surface area contributed by atoms with E-state index in [1.54, 1.807) is 50.6 Å². The van der Waals surface area contributed by atoms with Crippen molar-refractivity contribution >= 4 is 34.5 Å². The molecule has 3 aromatic rings. The lowest BCUT2D eigenvalue weighted by Crippen LogP contribution is -2.21. The van der Waals surface area contributed by atoms with Crippen LogP contribution in [0, 0.1) is 11.3 Å². The molecule has 0 aliphatic rings. The summed E-state index contributed by atoms with van der Waals surface area (Å²) in [5, 5.41) is 13.0. The highest BCUT2D eigenvalue weighted by Gasteiger charge is 2.12. The number of nitriles is 1. The van der Waals surface area contributed by atoms with E-state index in [0.29, 0.717) is 11.3 Å². The number of nitrogens with zero attached hydrogens (tertiary/aromatic N) is 2. The highest BCUT2D eigenvalue weighted by Crippen LogP contribution is 2.21. The van der Waals surface area contributed by atoms with Gasteiger partial charge in [0.15, 0.2) is 0 Å². The van der Waals surface area contributed by atoms with E-state index in [2.05, 4.69) is 10.3 Å². The van der Waals surface area contributed by atoms with Gasteiger partial charge in [-0.25, -0.2) is 0 Å². The number of nitrogens with one attached hydrogen (secondary N) is 2. The van der Waals surface area contributed by atoms with Gasteiger partial charge in [0.25, 0.3) is 11.8 Å². The normalized spacial score (nSPS) is 11.1. The maximum atomic E-state index is 12.4. The van der Waals surface area contributed by atoms with Gasteiger partial charge < -0.3 is 15.2 Å². The van der Waals surface area contributed by atoms with Crippen molar-refractivity contribution < 1.29 is 9.59 Å². The zero-order chi connectivity index (χ0) is 19.4. The van der Waals surface area contributed by atoms with Crippen LogP contribution < -0.4 is 5.32 Å². The molecule has 0 aliphatic carbocycles. The van der Waals surface area contributed by atoms with Gasteiger partial charge in [-0.1, -0.05) is 18.2 Å². The first kappa shape index (κ1) is 18.0. The lowest BCUT2D eigenvalue weighted by atomic mass is 10.1. The Balaban J connectivity index is 1.80. The van der Waals surface area contributed by atoms with Crippen LogP contribution in [0.3, 0.4) is 0 Å². The van der Waals surface area contributed by atoms with E-state index in [-0.39, 0.29) is 11.5 Å². The molecule has 6 heteroatoms. The number of rotatable bonds is 4. The molecule has 3 rings (SSSR count). The standard InChI is InChI=1S/C21H18N4O2/c1-25(2)21(27)14-7-9-17(10-8-14)24-20(26)15(12-22)11-16-13-23-19-6-4-3-5-18(16)19/h3-11,13,23H,1-2H3,(H,24,26)/b15-11+. The predicted molar refractivity (Wildman–Crippen MR) is 105 cm³/mol. The summed E-state index contributed by atoms with van der Waals surface area (Å²) in [5.74, 6) is -0.626. The Hall–Kier alpha value is -3.85. The van der Waals surface area contributed by atoms with Gasteiger partial charge in [0.2, 0.25) is 0 Å². The van der Waals surface area contributed by atoms with Gasteiger partial charge in [0.05, 0.1) is 0 Å². The fraction of sp³-hybridized carbons (Fsp3) is 0.0952. The van der Waals surface area contributed by atoms with Crippen LogP contribution in [-0.2, 0) is 4.79 Å². The Kier molecular flexibility index (Phi) is 5.04. The van der Waals surface area contributed by atoms with Crippen LogP contribution in [0.25, 0.3) is 17.0 Å². The molecule has 0 saturated heterocycles. The number of benzene rings is 2. The van der Waals surface area contributed by atoms with Crippen LogP contribution in [0.1, 0.15) is 15.9 Å². The number of fused-ring (bicyclic) bond motifs is 1. The van der Waals surface area contributed by atoms with E-state index in [0.717, 1.165) is 16.5 Å². The second-order valence-corrected chi connectivity index (χ2v) is 6.19. The quantitative estimate of drug-likeness (QED) is 0.553. The molecule has 2 aromatic carbocycles. The zero-order valence-electron chi connectivity index (χ0n) is 15.0. The average Bonchev–Trinajstić information content (AvgIpc) is 3.09. The summed E-state index contributed by atoms with van der Waals surface area (Å²) in [4.78, 5) is 28.9. The van der Waals surface area contributed by atoms with Crippen molar-refractivity contribution in [2.45, 2.75) is 0 Å². The highest BCUT2D eigenvalue weighted by molar-refractivity contribution is 6.10. The first-order valence-electron chi connectivity index (χ1n) is 8.30. The van der Waals surface area contributed by atoms with Gasteiger partial charge in [0, 0.05) is 48.0 Å². The number of para-hydroxylation sites is 1. The van der Waals surface area contributed by atoms with E-state index >= 15 is 0 Å². The monoisotopic (exact) mass is 358 g/mol. The summed E-state index contributed by atoms with van der Waals surface area (Å²) in [6.45, 7) is 0. The Labute approximate surface area is 156 Å². The summed E-state index contributed by atoms with van der Waals surface area (Å²) in [6.07, 6.45) is 3.31. The molecule has 2 N–H and O–H groups in total. The van der Waals surface area contributed by atoms with Crippen molar-refractivity contribution in [1.29, 1.82) is 5.26 Å². The van der Waals surface area contributed by atoms with Gasteiger partial charge in [-0.15, -0.1) is 0 Å². The number of aromatic amines is 1. The van der Waals surface area contributed by atoms with Crippen molar-refractivity contribution in [2.24, 2.45) is 0 Å². The van der Waals surface area contributed by atoms with Gasteiger partial charge in [-0.2, -0.15) is 5.26 Å². The fourth-order valence-corrected chi connectivity index (χ4v) is 2.67. The zero-order valence-corrected chi connectivity index (χ0v) is 15.0. The largest absolute Gasteiger partial charge is 0.361 e. The molecule has 6 nitrogen and oxygen atoms in total. The van der Waals surface area contributed by atoms with E-state index in [9.17, 15) is 14.9 Å². The molecule has 0 saturated carbocycles. The number of amides is 2. The lowest BCUT2D eigenvalue weighted by molar-refractivity contribution is -0.112. The van der Waals surface area contributed by atoms with Crippen LogP contribution in [-0.4, -0.2) is 35.8 Å². The molecule has 1 heterocycles. The number of hydrogen-bond donors (Lipinski definition) is 2. The molecule has 0 aliphatic heterocycles. The third kappa shape index (κ3) is 3.88.